The predicted molar refractivity (Wildman–Crippen MR) is 123 cm³/mol. The van der Waals surface area contributed by atoms with Crippen molar-refractivity contribution < 1.29 is 28.6 Å². The molecule has 168 valence electrons. The molecule has 0 radical (unpaired) electrons. The van der Waals surface area contributed by atoms with Gasteiger partial charge in [-0.2, -0.15) is 0 Å². The molecule has 0 aromatic heterocycles. The van der Waals surface area contributed by atoms with Crippen molar-refractivity contribution in [3.63, 3.8) is 0 Å². The number of nitrogens with zero attached hydrogens (tertiary/aromatic N) is 1. The van der Waals surface area contributed by atoms with E-state index in [1.807, 2.05) is 13.8 Å². The maximum atomic E-state index is 12.8. The smallest absolute Gasteiger partial charge is 0.294 e. The number of rotatable bonds is 9. The van der Waals surface area contributed by atoms with E-state index in [2.05, 4.69) is 5.32 Å². The van der Waals surface area contributed by atoms with Crippen LogP contribution >= 0.6 is 11.8 Å². The van der Waals surface area contributed by atoms with Crippen molar-refractivity contribution in [1.29, 1.82) is 0 Å². The number of hydrogen-bond donors (Lipinski definition) is 1. The molecule has 9 heteroatoms. The minimum absolute atomic E-state index is 0.228. The summed E-state index contributed by atoms with van der Waals surface area (Å²) in [6, 6.07) is 12.2. The third kappa shape index (κ3) is 5.42. The normalized spacial score (nSPS) is 14.6. The van der Waals surface area contributed by atoms with Crippen LogP contribution in [0.1, 0.15) is 19.4 Å². The highest BCUT2D eigenvalue weighted by Crippen LogP contribution is 2.34. The van der Waals surface area contributed by atoms with Gasteiger partial charge in [-0.3, -0.25) is 19.3 Å². The molecule has 1 aliphatic rings. The zero-order chi connectivity index (χ0) is 23.1. The molecular formula is C23H24N2O6S. The lowest BCUT2D eigenvalue weighted by Crippen LogP contribution is -2.36. The van der Waals surface area contributed by atoms with Gasteiger partial charge in [0.2, 0.25) is 5.91 Å². The van der Waals surface area contributed by atoms with Crippen molar-refractivity contribution in [1.82, 2.24) is 4.90 Å². The summed E-state index contributed by atoms with van der Waals surface area (Å²) in [6.45, 7) is 4.30. The molecule has 1 N–H and O–H groups in total. The van der Waals surface area contributed by atoms with E-state index in [1.165, 1.54) is 7.11 Å². The van der Waals surface area contributed by atoms with Gasteiger partial charge in [0, 0.05) is 0 Å². The molecule has 0 saturated carbocycles. The van der Waals surface area contributed by atoms with Gasteiger partial charge in [0.15, 0.2) is 11.5 Å². The SMILES string of the molecule is CCOc1ccc(/C=C2/SC(=O)N(CC(=O)Nc3ccccc3OC)C2=O)cc1OCC. The van der Waals surface area contributed by atoms with Crippen LogP contribution in [0.4, 0.5) is 10.5 Å². The van der Waals surface area contributed by atoms with Crippen LogP contribution in [0.15, 0.2) is 47.4 Å². The van der Waals surface area contributed by atoms with Crippen molar-refractivity contribution in [2.45, 2.75) is 13.8 Å². The molecule has 3 rings (SSSR count). The molecule has 0 spiro atoms. The number of thioether (sulfide) groups is 1. The number of nitrogens with one attached hydrogen (secondary N) is 1. The Labute approximate surface area is 190 Å². The zero-order valence-electron chi connectivity index (χ0n) is 18.0. The van der Waals surface area contributed by atoms with Gasteiger partial charge in [0.05, 0.1) is 30.9 Å². The highest BCUT2D eigenvalue weighted by Gasteiger charge is 2.36. The van der Waals surface area contributed by atoms with Crippen LogP contribution in [0.5, 0.6) is 17.2 Å². The fourth-order valence-electron chi connectivity index (χ4n) is 3.03. The summed E-state index contributed by atoms with van der Waals surface area (Å²) in [5, 5.41) is 2.16. The number of anilines is 1. The number of methoxy groups -OCH3 is 1. The van der Waals surface area contributed by atoms with E-state index in [-0.39, 0.29) is 4.91 Å². The lowest BCUT2D eigenvalue weighted by molar-refractivity contribution is -0.127. The van der Waals surface area contributed by atoms with Crippen molar-refractivity contribution in [2.24, 2.45) is 0 Å². The Hall–Kier alpha value is -3.46. The van der Waals surface area contributed by atoms with E-state index in [1.54, 1.807) is 48.5 Å². The Bertz CT molecular complexity index is 1050. The molecule has 0 atom stereocenters. The van der Waals surface area contributed by atoms with Gasteiger partial charge in [-0.15, -0.1) is 0 Å². The molecule has 0 bridgehead atoms. The minimum Gasteiger partial charge on any atom is -0.495 e. The van der Waals surface area contributed by atoms with Crippen LogP contribution < -0.4 is 19.5 Å². The highest BCUT2D eigenvalue weighted by molar-refractivity contribution is 8.18. The Kier molecular flexibility index (Phi) is 7.77. The van der Waals surface area contributed by atoms with E-state index < -0.39 is 23.6 Å². The van der Waals surface area contributed by atoms with E-state index in [0.29, 0.717) is 41.7 Å². The van der Waals surface area contributed by atoms with Crippen LogP contribution in [0.3, 0.4) is 0 Å². The van der Waals surface area contributed by atoms with Crippen LogP contribution in [0.25, 0.3) is 6.08 Å². The van der Waals surface area contributed by atoms with Gasteiger partial charge >= 0.3 is 0 Å². The highest BCUT2D eigenvalue weighted by atomic mass is 32.2. The average molecular weight is 457 g/mol. The first-order chi connectivity index (χ1) is 15.5. The van der Waals surface area contributed by atoms with Crippen LogP contribution in [-0.4, -0.2) is 48.8 Å². The summed E-state index contributed by atoms with van der Waals surface area (Å²) < 4.78 is 16.3. The number of para-hydroxylation sites is 2. The second kappa shape index (κ2) is 10.7. The van der Waals surface area contributed by atoms with E-state index in [4.69, 9.17) is 14.2 Å². The quantitative estimate of drug-likeness (QED) is 0.566. The van der Waals surface area contributed by atoms with Crippen molar-refractivity contribution in [3.05, 3.63) is 52.9 Å². The molecule has 0 unspecified atom stereocenters. The van der Waals surface area contributed by atoms with E-state index in [0.717, 1.165) is 16.7 Å². The fourth-order valence-corrected chi connectivity index (χ4v) is 3.86. The van der Waals surface area contributed by atoms with Gasteiger partial charge in [-0.05, 0) is 61.5 Å². The Morgan fingerprint density at radius 2 is 1.75 bits per heavy atom. The second-order valence-corrected chi connectivity index (χ2v) is 7.58. The van der Waals surface area contributed by atoms with Gasteiger partial charge in [0.25, 0.3) is 11.1 Å². The number of carbonyl (C=O) groups excluding carboxylic acids is 3. The first-order valence-corrected chi connectivity index (χ1v) is 10.9. The summed E-state index contributed by atoms with van der Waals surface area (Å²) in [5.74, 6) is 0.612. The standard InChI is InChI=1S/C23H24N2O6S/c1-4-30-18-11-10-15(12-19(18)31-5-2)13-20-22(27)25(23(28)32-20)14-21(26)24-16-8-6-7-9-17(16)29-3/h6-13H,4-5,14H2,1-3H3,(H,24,26)/b20-13+. The monoisotopic (exact) mass is 456 g/mol. The average Bonchev–Trinajstić information content (AvgIpc) is 3.03. The van der Waals surface area contributed by atoms with Gasteiger partial charge in [-0.25, -0.2) is 0 Å². The molecule has 0 aliphatic carbocycles. The maximum absolute atomic E-state index is 12.8. The van der Waals surface area contributed by atoms with Gasteiger partial charge in [0.1, 0.15) is 12.3 Å². The van der Waals surface area contributed by atoms with E-state index >= 15 is 0 Å². The summed E-state index contributed by atoms with van der Waals surface area (Å²) >= 11 is 0.788. The maximum Gasteiger partial charge on any atom is 0.294 e. The van der Waals surface area contributed by atoms with Crippen LogP contribution in [-0.2, 0) is 9.59 Å². The van der Waals surface area contributed by atoms with E-state index in [9.17, 15) is 14.4 Å². The molecule has 1 fully saturated rings. The molecule has 2 aromatic rings. The van der Waals surface area contributed by atoms with Crippen molar-refractivity contribution in [3.8, 4) is 17.2 Å². The van der Waals surface area contributed by atoms with Gasteiger partial charge < -0.3 is 19.5 Å². The number of benzene rings is 2. The van der Waals surface area contributed by atoms with Gasteiger partial charge in [-0.1, -0.05) is 18.2 Å². The Balaban J connectivity index is 1.73. The molecular weight excluding hydrogens is 432 g/mol. The van der Waals surface area contributed by atoms with Crippen molar-refractivity contribution in [2.75, 3.05) is 32.2 Å². The third-order valence-electron chi connectivity index (χ3n) is 4.42. The van der Waals surface area contributed by atoms with Crippen LogP contribution in [0, 0.1) is 0 Å². The lowest BCUT2D eigenvalue weighted by Gasteiger charge is -2.14. The Morgan fingerprint density at radius 3 is 2.47 bits per heavy atom. The fraction of sp³-hybridized carbons (Fsp3) is 0.261. The topological polar surface area (TPSA) is 94.2 Å². The first kappa shape index (κ1) is 23.2. The first-order valence-electron chi connectivity index (χ1n) is 10.0. The second-order valence-electron chi connectivity index (χ2n) is 6.59. The van der Waals surface area contributed by atoms with Crippen molar-refractivity contribution >= 4 is 40.6 Å². The minimum atomic E-state index is -0.526. The number of amides is 3. The number of imide groups is 1. The zero-order valence-corrected chi connectivity index (χ0v) is 18.9. The third-order valence-corrected chi connectivity index (χ3v) is 5.33. The van der Waals surface area contributed by atoms with Crippen LogP contribution in [0.2, 0.25) is 0 Å². The largest absolute Gasteiger partial charge is 0.495 e. The Morgan fingerprint density at radius 1 is 1.03 bits per heavy atom. The predicted octanol–water partition coefficient (Wildman–Crippen LogP) is 4.17. The molecule has 8 nitrogen and oxygen atoms in total. The summed E-state index contributed by atoms with van der Waals surface area (Å²) in [6.07, 6.45) is 1.60. The number of hydrogen-bond acceptors (Lipinski definition) is 7. The summed E-state index contributed by atoms with van der Waals surface area (Å²) in [5.41, 5.74) is 1.14. The molecule has 1 heterocycles. The molecule has 1 aliphatic heterocycles. The number of carbonyl (C=O) groups is 3. The summed E-state index contributed by atoms with van der Waals surface area (Å²) in [4.78, 5) is 38.7. The number of ether oxygens (including phenoxy) is 3. The molecule has 3 amide bonds. The molecule has 32 heavy (non-hydrogen) atoms. The molecule has 1 saturated heterocycles. The molecule has 2 aromatic carbocycles. The lowest BCUT2D eigenvalue weighted by atomic mass is 10.2. The summed E-state index contributed by atoms with van der Waals surface area (Å²) in [7, 11) is 1.49.